The molecule has 0 aliphatic rings. The Labute approximate surface area is 245 Å². The van der Waals surface area contributed by atoms with Gasteiger partial charge in [-0.1, -0.05) is 6.07 Å². The van der Waals surface area contributed by atoms with Crippen LogP contribution in [0.15, 0.2) is 39.3 Å². The van der Waals surface area contributed by atoms with Gasteiger partial charge in [0, 0.05) is 12.1 Å². The number of azo groups is 1. The normalized spacial score (nSPS) is 11.0. The van der Waals surface area contributed by atoms with E-state index in [0.717, 1.165) is 10.6 Å². The fraction of sp³-hybridized carbons (Fsp3) is 0.200. The molecule has 0 saturated carbocycles. The van der Waals surface area contributed by atoms with Gasteiger partial charge < -0.3 is 20.6 Å². The number of aromatic nitrogens is 1. The minimum absolute atomic E-state index is 0. The monoisotopic (exact) mass is 458 g/mol. The van der Waals surface area contributed by atoms with Crippen LogP contribution in [0.1, 0.15) is 22.8 Å². The van der Waals surface area contributed by atoms with E-state index in [1.165, 1.54) is 25.1 Å². The molecule has 1 aromatic carbocycles. The van der Waals surface area contributed by atoms with Crippen LogP contribution in [0.4, 0.5) is 11.4 Å². The zero-order chi connectivity index (χ0) is 19.6. The average Bonchev–Trinajstić information content (AvgIpc) is 2.54. The van der Waals surface area contributed by atoms with E-state index in [-0.39, 0.29) is 137 Å². The van der Waals surface area contributed by atoms with E-state index in [0.29, 0.717) is 0 Å². The molecule has 28 heavy (non-hydrogen) atoms. The summed E-state index contributed by atoms with van der Waals surface area (Å²) in [5.74, 6) is -1.48. The molecule has 1 heterocycles. The van der Waals surface area contributed by atoms with Crippen LogP contribution in [-0.4, -0.2) is 25.4 Å². The molecule has 5 N–H and O–H groups in total. The first kappa shape index (κ1) is 28.5. The van der Waals surface area contributed by atoms with Crippen molar-refractivity contribution in [2.24, 2.45) is 16.0 Å². The number of hydrogen-bond donors (Lipinski definition) is 4. The summed E-state index contributed by atoms with van der Waals surface area (Å²) in [4.78, 5) is 42.4. The van der Waals surface area contributed by atoms with Gasteiger partial charge in [0.25, 0.3) is 11.5 Å². The number of amides is 1. The first-order valence-corrected chi connectivity index (χ1v) is 9.03. The van der Waals surface area contributed by atoms with Gasteiger partial charge in [-0.15, -0.1) is 5.11 Å². The van der Waals surface area contributed by atoms with Gasteiger partial charge in [0.05, 0.1) is 11.0 Å². The van der Waals surface area contributed by atoms with E-state index in [4.69, 9.17) is 5.73 Å². The summed E-state index contributed by atoms with van der Waals surface area (Å²) >= 11 is 0. The molecule has 10 nitrogen and oxygen atoms in total. The third-order valence-electron chi connectivity index (χ3n) is 3.65. The van der Waals surface area contributed by atoms with Crippen molar-refractivity contribution in [3.05, 3.63) is 45.7 Å². The maximum Gasteiger partial charge on any atom is 1.00 e. The molecule has 0 spiro atoms. The van der Waals surface area contributed by atoms with Crippen LogP contribution in [0.3, 0.4) is 0 Å². The summed E-state index contributed by atoms with van der Waals surface area (Å²) in [7, 11) is -4.46. The molecule has 0 bridgehead atoms. The molecule has 0 fully saturated rings. The van der Waals surface area contributed by atoms with Crippen molar-refractivity contribution in [2.45, 2.75) is 20.4 Å². The van der Waals surface area contributed by atoms with Crippen molar-refractivity contribution in [3.8, 4) is 5.88 Å². The predicted molar refractivity (Wildman–Crippen MR) is 93.6 cm³/mol. The first-order chi connectivity index (χ1) is 12.1. The van der Waals surface area contributed by atoms with Crippen molar-refractivity contribution >= 4 is 30.2 Å². The van der Waals surface area contributed by atoms with Gasteiger partial charge in [0.1, 0.15) is 5.56 Å². The molecule has 13 heteroatoms. The molecular weight excluding hydrogens is 441 g/mol. The number of carbonyl (C=O) groups excluding carboxylic acids is 1. The molecule has 0 radical (unpaired) electrons. The Morgan fingerprint density at radius 3 is 2.36 bits per heavy atom. The summed E-state index contributed by atoms with van der Waals surface area (Å²) < 4.78 is 12.2. The van der Waals surface area contributed by atoms with Gasteiger partial charge in [0.15, 0.2) is 5.69 Å². The smallest absolute Gasteiger partial charge is 0.494 e. The van der Waals surface area contributed by atoms with Crippen LogP contribution in [0, 0.1) is 6.92 Å². The van der Waals surface area contributed by atoms with Gasteiger partial charge >= 0.3 is 110 Å². The fourth-order valence-electron chi connectivity index (χ4n) is 2.36. The van der Waals surface area contributed by atoms with Gasteiger partial charge in [-0.3, -0.25) is 18.7 Å². The Hall–Kier alpha value is 0.463. The summed E-state index contributed by atoms with van der Waals surface area (Å²) in [5.41, 5.74) is 4.28. The molecule has 0 saturated heterocycles. The molecule has 0 aliphatic heterocycles. The summed E-state index contributed by atoms with van der Waals surface area (Å²) in [6.45, 7) is 3.05. The minimum atomic E-state index is -4.46. The van der Waals surface area contributed by atoms with E-state index in [1.54, 1.807) is 6.92 Å². The van der Waals surface area contributed by atoms with Crippen molar-refractivity contribution in [1.29, 1.82) is 0 Å². The number of rotatable bonds is 5. The molecule has 1 aromatic heterocycles. The maximum atomic E-state index is 12.4. The van der Waals surface area contributed by atoms with Gasteiger partial charge in [-0.05, 0) is 32.0 Å². The molecule has 0 unspecified atom stereocenters. The first-order valence-electron chi connectivity index (χ1n) is 7.42. The van der Waals surface area contributed by atoms with E-state index in [2.05, 4.69) is 10.2 Å². The van der Waals surface area contributed by atoms with E-state index in [1.807, 2.05) is 0 Å². The van der Waals surface area contributed by atoms with Crippen molar-refractivity contribution in [3.63, 3.8) is 0 Å². The predicted octanol–water partition coefficient (Wildman–Crippen LogP) is -4.79. The van der Waals surface area contributed by atoms with Crippen molar-refractivity contribution in [1.82, 2.24) is 4.57 Å². The third-order valence-corrected chi connectivity index (χ3v) is 4.60. The Kier molecular flexibility index (Phi) is 11.9. The third kappa shape index (κ3) is 6.48. The second-order valence-corrected chi connectivity index (χ2v) is 6.95. The Morgan fingerprint density at radius 2 is 1.86 bits per heavy atom. The minimum Gasteiger partial charge on any atom is -0.494 e. The molecule has 0 aliphatic carbocycles. The van der Waals surface area contributed by atoms with Crippen LogP contribution in [-0.2, 0) is 11.1 Å². The number of nitrogens with zero attached hydrogens (tertiary/aromatic N) is 3. The number of hydrogen-bond acceptors (Lipinski definition) is 6. The quantitative estimate of drug-likeness (QED) is 0.199. The van der Waals surface area contributed by atoms with Crippen LogP contribution in [0.25, 0.3) is 0 Å². The van der Waals surface area contributed by atoms with Crippen LogP contribution >= 0.6 is 7.60 Å². The molecular formula is C15H17K2N4O6P+2. The number of aromatic hydroxyl groups is 1. The van der Waals surface area contributed by atoms with Crippen LogP contribution < -0.4 is 119 Å². The SMILES string of the molecule is CCn1c(O)c(C(N)=O)c(C)c(N=Nc2cccc(P(=O)(O)O)c2)c1=O.[K+].[K+]. The number of nitrogens with two attached hydrogens (primary N) is 1. The number of pyridine rings is 1. The molecule has 0 atom stereocenters. The fourth-order valence-corrected chi connectivity index (χ4v) is 2.94. The Bertz CT molecular complexity index is 1020. The average molecular weight is 458 g/mol. The Morgan fingerprint density at radius 1 is 1.25 bits per heavy atom. The molecule has 1 amide bonds. The summed E-state index contributed by atoms with van der Waals surface area (Å²) in [5, 5.41) is 17.4. The van der Waals surface area contributed by atoms with Gasteiger partial charge in [-0.25, -0.2) is 0 Å². The number of carbonyl (C=O) groups is 1. The topological polar surface area (TPSA) is 168 Å². The molecule has 138 valence electrons. The van der Waals surface area contributed by atoms with Crippen LogP contribution in [0.2, 0.25) is 0 Å². The second kappa shape index (κ2) is 11.7. The van der Waals surface area contributed by atoms with Crippen molar-refractivity contribution < 1.29 is 127 Å². The Balaban J connectivity index is 0.00000364. The second-order valence-electron chi connectivity index (χ2n) is 5.35. The van der Waals surface area contributed by atoms with E-state index >= 15 is 0 Å². The van der Waals surface area contributed by atoms with E-state index < -0.39 is 24.9 Å². The largest absolute Gasteiger partial charge is 1.00 e. The van der Waals surface area contributed by atoms with E-state index in [9.17, 15) is 29.0 Å². The maximum absolute atomic E-state index is 12.4. The zero-order valence-electron chi connectivity index (χ0n) is 15.9. The van der Waals surface area contributed by atoms with Crippen LogP contribution in [0.5, 0.6) is 5.88 Å². The molecule has 2 aromatic rings. The van der Waals surface area contributed by atoms with Gasteiger partial charge in [-0.2, -0.15) is 5.11 Å². The summed E-state index contributed by atoms with van der Waals surface area (Å²) in [6, 6.07) is 5.19. The van der Waals surface area contributed by atoms with Gasteiger partial charge in [0.2, 0.25) is 5.88 Å². The number of benzene rings is 1. The molecule has 2 rings (SSSR count). The van der Waals surface area contributed by atoms with Crippen molar-refractivity contribution in [2.75, 3.05) is 0 Å². The zero-order valence-corrected chi connectivity index (χ0v) is 23.1. The standard InChI is InChI=1S/C15H17N4O6P.2K/c1-3-19-14(21)11(13(16)20)8(2)12(15(19)22)18-17-9-5-4-6-10(7-9)26(23,24)25;;/h4-7,21H,3H2,1-2H3,(H2,16,20)(H2,23,24,25);;/q;2*+1. The summed E-state index contributed by atoms with van der Waals surface area (Å²) in [6.07, 6.45) is 0. The number of primary amides is 1.